The third-order valence-electron chi connectivity index (χ3n) is 6.16. The molecule has 3 heteroatoms. The molecule has 0 spiro atoms. The third kappa shape index (κ3) is 3.94. The molecular formula is C27H29O2P. The van der Waals surface area contributed by atoms with Gasteiger partial charge in [0.25, 0.3) is 0 Å². The Labute approximate surface area is 181 Å². The van der Waals surface area contributed by atoms with E-state index in [1.165, 1.54) is 22.6 Å². The van der Waals surface area contributed by atoms with Gasteiger partial charge in [-0.1, -0.05) is 98.9 Å². The highest BCUT2D eigenvalue weighted by atomic mass is 31.1. The van der Waals surface area contributed by atoms with Gasteiger partial charge in [0.15, 0.2) is 0 Å². The van der Waals surface area contributed by atoms with Gasteiger partial charge in [-0.15, -0.1) is 0 Å². The first kappa shape index (κ1) is 20.8. The smallest absolute Gasteiger partial charge is 0.306 e. The summed E-state index contributed by atoms with van der Waals surface area (Å²) < 4.78 is 5.42. The highest BCUT2D eigenvalue weighted by Gasteiger charge is 2.51. The number of benzene rings is 3. The van der Waals surface area contributed by atoms with E-state index in [1.54, 1.807) is 0 Å². The molecule has 1 aliphatic heterocycles. The number of ether oxygens (including phenoxy) is 1. The summed E-state index contributed by atoms with van der Waals surface area (Å²) in [4.78, 5) is 12.7. The lowest BCUT2D eigenvalue weighted by molar-refractivity contribution is -0.144. The fourth-order valence-electron chi connectivity index (χ4n) is 5.05. The van der Waals surface area contributed by atoms with Gasteiger partial charge in [-0.2, -0.15) is 0 Å². The van der Waals surface area contributed by atoms with Crippen LogP contribution >= 0.6 is 7.92 Å². The molecule has 0 bridgehead atoms. The van der Waals surface area contributed by atoms with E-state index in [-0.39, 0.29) is 17.0 Å². The first-order valence-electron chi connectivity index (χ1n) is 10.9. The lowest BCUT2D eigenvalue weighted by atomic mass is 9.75. The van der Waals surface area contributed by atoms with Gasteiger partial charge in [-0.25, -0.2) is 0 Å². The zero-order valence-electron chi connectivity index (χ0n) is 17.5. The summed E-state index contributed by atoms with van der Waals surface area (Å²) in [5.74, 6) is 0.130. The Morgan fingerprint density at radius 1 is 0.900 bits per heavy atom. The molecular weight excluding hydrogens is 387 g/mol. The minimum atomic E-state index is -0.554. The van der Waals surface area contributed by atoms with Crippen LogP contribution in [0, 0.1) is 5.92 Å². The first-order valence-corrected chi connectivity index (χ1v) is 12.4. The Balaban J connectivity index is 1.95. The summed E-state index contributed by atoms with van der Waals surface area (Å²) >= 11 is 0. The van der Waals surface area contributed by atoms with Gasteiger partial charge < -0.3 is 4.74 Å². The van der Waals surface area contributed by atoms with E-state index >= 15 is 0 Å². The lowest BCUT2D eigenvalue weighted by Gasteiger charge is -2.51. The van der Waals surface area contributed by atoms with Gasteiger partial charge in [-0.3, -0.25) is 4.79 Å². The second-order valence-electron chi connectivity index (χ2n) is 7.83. The Morgan fingerprint density at radius 3 is 1.97 bits per heavy atom. The number of rotatable bonds is 6. The SMILES string of the molecule is CCOC(=O)CC1CCCP(c2ccccc2)C1(c1ccccc1)c1ccccc1. The lowest BCUT2D eigenvalue weighted by Crippen LogP contribution is -2.42. The molecule has 1 heterocycles. The van der Waals surface area contributed by atoms with Gasteiger partial charge >= 0.3 is 5.97 Å². The van der Waals surface area contributed by atoms with Crippen molar-refractivity contribution in [1.82, 2.24) is 0 Å². The minimum absolute atomic E-state index is 0.0800. The second-order valence-corrected chi connectivity index (χ2v) is 10.4. The molecule has 0 aliphatic carbocycles. The van der Waals surface area contributed by atoms with Crippen molar-refractivity contribution >= 4 is 19.2 Å². The first-order chi connectivity index (χ1) is 14.8. The highest BCUT2D eigenvalue weighted by Crippen LogP contribution is 2.67. The molecule has 154 valence electrons. The average molecular weight is 417 g/mol. The quantitative estimate of drug-likeness (QED) is 0.358. The summed E-state index contributed by atoms with van der Waals surface area (Å²) in [6.07, 6.45) is 3.81. The second kappa shape index (κ2) is 9.58. The molecule has 4 rings (SSSR count). The van der Waals surface area contributed by atoms with Gasteiger partial charge in [0.05, 0.1) is 6.61 Å². The van der Waals surface area contributed by atoms with Gasteiger partial charge in [0.1, 0.15) is 0 Å². The molecule has 0 amide bonds. The zero-order chi connectivity index (χ0) is 20.8. The van der Waals surface area contributed by atoms with Crippen molar-refractivity contribution < 1.29 is 9.53 Å². The monoisotopic (exact) mass is 416 g/mol. The predicted octanol–water partition coefficient (Wildman–Crippen LogP) is 6.10. The molecule has 0 radical (unpaired) electrons. The van der Waals surface area contributed by atoms with E-state index in [4.69, 9.17) is 4.74 Å². The van der Waals surface area contributed by atoms with Crippen molar-refractivity contribution in [3.8, 4) is 0 Å². The predicted molar refractivity (Wildman–Crippen MR) is 126 cm³/mol. The van der Waals surface area contributed by atoms with Crippen LogP contribution in [0.25, 0.3) is 0 Å². The molecule has 0 N–H and O–H groups in total. The largest absolute Gasteiger partial charge is 0.466 e. The molecule has 1 fully saturated rings. The number of esters is 1. The number of carbonyl (C=O) groups excluding carboxylic acids is 1. The Hall–Kier alpha value is -2.44. The molecule has 3 aromatic carbocycles. The van der Waals surface area contributed by atoms with E-state index in [0.717, 1.165) is 12.8 Å². The Bertz CT molecular complexity index is 901. The van der Waals surface area contributed by atoms with Crippen molar-refractivity contribution in [3.05, 3.63) is 102 Å². The third-order valence-corrected chi connectivity index (χ3v) is 9.58. The maximum Gasteiger partial charge on any atom is 0.306 e. The van der Waals surface area contributed by atoms with Crippen molar-refractivity contribution in [2.24, 2.45) is 5.92 Å². The summed E-state index contributed by atoms with van der Waals surface area (Å²) in [5.41, 5.74) is 2.64. The highest BCUT2D eigenvalue weighted by molar-refractivity contribution is 7.67. The van der Waals surface area contributed by atoms with Gasteiger partial charge in [-0.05, 0) is 48.3 Å². The van der Waals surface area contributed by atoms with Crippen LogP contribution in [-0.2, 0) is 14.7 Å². The Morgan fingerprint density at radius 2 is 1.43 bits per heavy atom. The van der Waals surface area contributed by atoms with E-state index in [0.29, 0.717) is 13.0 Å². The zero-order valence-corrected chi connectivity index (χ0v) is 18.4. The van der Waals surface area contributed by atoms with Crippen LogP contribution < -0.4 is 5.30 Å². The van der Waals surface area contributed by atoms with Crippen LogP contribution in [0.2, 0.25) is 0 Å². The van der Waals surface area contributed by atoms with Crippen molar-refractivity contribution in [1.29, 1.82) is 0 Å². The average Bonchev–Trinajstić information content (AvgIpc) is 2.81. The number of carbonyl (C=O) groups is 1. The number of hydrogen-bond acceptors (Lipinski definition) is 2. The van der Waals surface area contributed by atoms with Crippen LogP contribution in [0.3, 0.4) is 0 Å². The van der Waals surface area contributed by atoms with E-state index in [9.17, 15) is 4.79 Å². The van der Waals surface area contributed by atoms with E-state index in [2.05, 4.69) is 91.0 Å². The van der Waals surface area contributed by atoms with Gasteiger partial charge in [0.2, 0.25) is 0 Å². The van der Waals surface area contributed by atoms with Crippen molar-refractivity contribution in [2.75, 3.05) is 12.8 Å². The van der Waals surface area contributed by atoms with Crippen LogP contribution in [0.5, 0.6) is 0 Å². The molecule has 1 saturated heterocycles. The van der Waals surface area contributed by atoms with Crippen LogP contribution in [0.4, 0.5) is 0 Å². The van der Waals surface area contributed by atoms with E-state index < -0.39 is 7.92 Å². The number of hydrogen-bond donors (Lipinski definition) is 0. The maximum atomic E-state index is 12.7. The Kier molecular flexibility index (Phi) is 6.65. The molecule has 2 unspecified atom stereocenters. The molecule has 3 aromatic rings. The topological polar surface area (TPSA) is 26.3 Å². The molecule has 0 aromatic heterocycles. The van der Waals surface area contributed by atoms with Crippen LogP contribution in [0.15, 0.2) is 91.0 Å². The van der Waals surface area contributed by atoms with Crippen molar-refractivity contribution in [2.45, 2.75) is 31.3 Å². The minimum Gasteiger partial charge on any atom is -0.466 e. The molecule has 2 atom stereocenters. The normalized spacial score (nSPS) is 20.4. The summed E-state index contributed by atoms with van der Waals surface area (Å²) in [5, 5.41) is 1.21. The fourth-order valence-corrected chi connectivity index (χ4v) is 8.68. The molecule has 1 aliphatic rings. The van der Waals surface area contributed by atoms with Crippen LogP contribution in [0.1, 0.15) is 37.3 Å². The maximum absolute atomic E-state index is 12.7. The summed E-state index contributed by atoms with van der Waals surface area (Å²) in [6.45, 7) is 2.32. The molecule has 30 heavy (non-hydrogen) atoms. The van der Waals surface area contributed by atoms with Crippen molar-refractivity contribution in [3.63, 3.8) is 0 Å². The van der Waals surface area contributed by atoms with Gasteiger partial charge in [0, 0.05) is 11.6 Å². The fraction of sp³-hybridized carbons (Fsp3) is 0.296. The summed E-state index contributed by atoms with van der Waals surface area (Å²) in [7, 11) is -0.554. The standard InChI is InChI=1S/C27H29O2P/c1-2-29-26(28)21-24-17-12-20-30(25-18-10-5-11-19-25)27(24,22-13-6-3-7-14-22)23-15-8-4-9-16-23/h3-11,13-16,18-19,24H,2,12,17,20-21H2,1H3. The summed E-state index contributed by atoms with van der Waals surface area (Å²) in [6, 6.07) is 32.7. The van der Waals surface area contributed by atoms with Crippen LogP contribution in [-0.4, -0.2) is 18.7 Å². The van der Waals surface area contributed by atoms with E-state index in [1.807, 2.05) is 6.92 Å². The molecule has 0 saturated carbocycles. The molecule has 2 nitrogen and oxygen atoms in total.